The molecule has 4 rings (SSSR count). The molecule has 0 aliphatic carbocycles. The van der Waals surface area contributed by atoms with Gasteiger partial charge in [0.05, 0.1) is 0 Å². The highest BCUT2D eigenvalue weighted by atomic mass is 32.1. The predicted octanol–water partition coefficient (Wildman–Crippen LogP) is 4.91. The molecule has 0 aliphatic heterocycles. The first-order chi connectivity index (χ1) is 9.70. The van der Waals surface area contributed by atoms with Crippen molar-refractivity contribution in [3.8, 4) is 0 Å². The van der Waals surface area contributed by atoms with Gasteiger partial charge in [-0.1, -0.05) is 24.3 Å². The highest BCUT2D eigenvalue weighted by Gasteiger charge is 2.09. The minimum atomic E-state index is -0.861. The SMILES string of the molecule is O=C(O)c1cc2cc3cc4ccccc4cc3cc2s1. The Balaban J connectivity index is 2.09. The van der Waals surface area contributed by atoms with Crippen molar-refractivity contribution in [2.24, 2.45) is 0 Å². The van der Waals surface area contributed by atoms with E-state index in [-0.39, 0.29) is 0 Å². The first-order valence-corrected chi connectivity index (χ1v) is 7.12. The maximum absolute atomic E-state index is 11.1. The fraction of sp³-hybridized carbons (Fsp3) is 0. The molecule has 0 spiro atoms. The number of fused-ring (bicyclic) bond motifs is 3. The number of hydrogen-bond donors (Lipinski definition) is 1. The number of hydrogen-bond acceptors (Lipinski definition) is 2. The summed E-state index contributed by atoms with van der Waals surface area (Å²) in [6.45, 7) is 0. The molecule has 4 aromatic rings. The second-order valence-corrected chi connectivity index (χ2v) is 5.94. The Hall–Kier alpha value is -2.39. The summed E-state index contributed by atoms with van der Waals surface area (Å²) in [5, 5.41) is 14.8. The number of aromatic carboxylic acids is 1. The van der Waals surface area contributed by atoms with Crippen LogP contribution in [0.2, 0.25) is 0 Å². The first-order valence-electron chi connectivity index (χ1n) is 6.30. The van der Waals surface area contributed by atoms with Crippen molar-refractivity contribution in [2.45, 2.75) is 0 Å². The van der Waals surface area contributed by atoms with E-state index in [9.17, 15) is 4.79 Å². The Morgan fingerprint density at radius 2 is 1.40 bits per heavy atom. The average molecular weight is 278 g/mol. The lowest BCUT2D eigenvalue weighted by Crippen LogP contribution is -1.89. The van der Waals surface area contributed by atoms with E-state index in [0.29, 0.717) is 4.88 Å². The molecule has 1 heterocycles. The topological polar surface area (TPSA) is 37.3 Å². The van der Waals surface area contributed by atoms with Gasteiger partial charge in [0.1, 0.15) is 4.88 Å². The molecule has 1 N–H and O–H groups in total. The summed E-state index contributed by atoms with van der Waals surface area (Å²) in [6, 6.07) is 18.4. The molecule has 96 valence electrons. The van der Waals surface area contributed by atoms with Crippen molar-refractivity contribution in [3.63, 3.8) is 0 Å². The molecular formula is C17H10O2S. The lowest BCUT2D eigenvalue weighted by molar-refractivity contribution is 0.0702. The minimum Gasteiger partial charge on any atom is -0.477 e. The molecule has 1 aromatic heterocycles. The number of carboxylic acid groups (broad SMARTS) is 1. The lowest BCUT2D eigenvalue weighted by atomic mass is 10.0. The number of carbonyl (C=O) groups is 1. The van der Waals surface area contributed by atoms with E-state index in [1.54, 1.807) is 6.07 Å². The zero-order valence-electron chi connectivity index (χ0n) is 10.5. The van der Waals surface area contributed by atoms with Crippen LogP contribution < -0.4 is 0 Å². The van der Waals surface area contributed by atoms with E-state index >= 15 is 0 Å². The fourth-order valence-electron chi connectivity index (χ4n) is 2.58. The average Bonchev–Trinajstić information content (AvgIpc) is 2.85. The normalized spacial score (nSPS) is 11.4. The van der Waals surface area contributed by atoms with E-state index < -0.39 is 5.97 Å². The molecule has 0 saturated carbocycles. The van der Waals surface area contributed by atoms with E-state index in [1.165, 1.54) is 22.1 Å². The Labute approximate surface area is 118 Å². The molecule has 3 aromatic carbocycles. The lowest BCUT2D eigenvalue weighted by Gasteiger charge is -2.02. The molecule has 0 amide bonds. The van der Waals surface area contributed by atoms with E-state index in [4.69, 9.17) is 5.11 Å². The third-order valence-corrected chi connectivity index (χ3v) is 4.64. The van der Waals surface area contributed by atoms with Crippen LogP contribution in [0.4, 0.5) is 0 Å². The van der Waals surface area contributed by atoms with Gasteiger partial charge in [-0.15, -0.1) is 11.3 Å². The van der Waals surface area contributed by atoms with Gasteiger partial charge in [0.25, 0.3) is 0 Å². The van der Waals surface area contributed by atoms with E-state index in [0.717, 1.165) is 20.9 Å². The van der Waals surface area contributed by atoms with Gasteiger partial charge in [-0.3, -0.25) is 0 Å². The van der Waals surface area contributed by atoms with Gasteiger partial charge >= 0.3 is 5.97 Å². The third kappa shape index (κ3) is 1.67. The van der Waals surface area contributed by atoms with Crippen molar-refractivity contribution >= 4 is 48.9 Å². The van der Waals surface area contributed by atoms with Crippen LogP contribution in [0, 0.1) is 0 Å². The van der Waals surface area contributed by atoms with Gasteiger partial charge in [-0.2, -0.15) is 0 Å². The van der Waals surface area contributed by atoms with E-state index in [1.807, 2.05) is 12.1 Å². The standard InChI is InChI=1S/C17H10O2S/c18-17(19)16-9-14-7-12-5-10-3-1-2-4-11(10)6-13(12)8-15(14)20-16/h1-9H,(H,18,19). The Kier molecular flexibility index (Phi) is 2.32. The maximum Gasteiger partial charge on any atom is 0.345 e. The van der Waals surface area contributed by atoms with Gasteiger partial charge in [-0.05, 0) is 57.3 Å². The molecule has 3 heteroatoms. The molecule has 0 bridgehead atoms. The zero-order chi connectivity index (χ0) is 13.7. The van der Waals surface area contributed by atoms with Crippen LogP contribution in [0.1, 0.15) is 9.67 Å². The summed E-state index contributed by atoms with van der Waals surface area (Å²) in [6.07, 6.45) is 0. The van der Waals surface area contributed by atoms with Crippen LogP contribution in [0.5, 0.6) is 0 Å². The highest BCUT2D eigenvalue weighted by molar-refractivity contribution is 7.20. The highest BCUT2D eigenvalue weighted by Crippen LogP contribution is 2.32. The molecule has 0 fully saturated rings. The summed E-state index contributed by atoms with van der Waals surface area (Å²) in [7, 11) is 0. The van der Waals surface area contributed by atoms with Gasteiger partial charge in [0.2, 0.25) is 0 Å². The van der Waals surface area contributed by atoms with Crippen molar-refractivity contribution in [2.75, 3.05) is 0 Å². The van der Waals surface area contributed by atoms with Crippen LogP contribution in [-0.4, -0.2) is 11.1 Å². The maximum atomic E-state index is 11.1. The van der Waals surface area contributed by atoms with Crippen LogP contribution in [0.3, 0.4) is 0 Å². The predicted molar refractivity (Wildman–Crippen MR) is 83.8 cm³/mol. The smallest absolute Gasteiger partial charge is 0.345 e. The van der Waals surface area contributed by atoms with Crippen molar-refractivity contribution in [1.29, 1.82) is 0 Å². The van der Waals surface area contributed by atoms with Gasteiger partial charge in [0, 0.05) is 4.70 Å². The molecule has 0 aliphatic rings. The van der Waals surface area contributed by atoms with Gasteiger partial charge < -0.3 is 5.11 Å². The van der Waals surface area contributed by atoms with Crippen molar-refractivity contribution < 1.29 is 9.90 Å². The molecule has 2 nitrogen and oxygen atoms in total. The second kappa shape index (κ2) is 4.05. The van der Waals surface area contributed by atoms with Crippen LogP contribution in [0.15, 0.2) is 54.6 Å². The van der Waals surface area contributed by atoms with Gasteiger partial charge in [0.15, 0.2) is 0 Å². The van der Waals surface area contributed by atoms with Crippen LogP contribution >= 0.6 is 11.3 Å². The van der Waals surface area contributed by atoms with E-state index in [2.05, 4.69) is 36.4 Å². The Morgan fingerprint density at radius 3 is 2.05 bits per heavy atom. The number of carboxylic acids is 1. The largest absolute Gasteiger partial charge is 0.477 e. The number of thiophene rings is 1. The van der Waals surface area contributed by atoms with Crippen LogP contribution in [-0.2, 0) is 0 Å². The molecular weight excluding hydrogens is 268 g/mol. The molecule has 20 heavy (non-hydrogen) atoms. The Bertz CT molecular complexity index is 910. The summed E-state index contributed by atoms with van der Waals surface area (Å²) in [5.41, 5.74) is 0. The summed E-state index contributed by atoms with van der Waals surface area (Å²) in [5.74, 6) is -0.861. The zero-order valence-corrected chi connectivity index (χ0v) is 11.3. The minimum absolute atomic E-state index is 0.389. The Morgan fingerprint density at radius 1 is 0.800 bits per heavy atom. The summed E-state index contributed by atoms with van der Waals surface area (Å²) < 4.78 is 1.02. The van der Waals surface area contributed by atoms with Gasteiger partial charge in [-0.25, -0.2) is 4.79 Å². The number of benzene rings is 3. The van der Waals surface area contributed by atoms with Crippen LogP contribution in [0.25, 0.3) is 31.6 Å². The summed E-state index contributed by atoms with van der Waals surface area (Å²) >= 11 is 1.33. The molecule has 0 radical (unpaired) electrons. The van der Waals surface area contributed by atoms with Crippen molar-refractivity contribution in [1.82, 2.24) is 0 Å². The summed E-state index contributed by atoms with van der Waals surface area (Å²) in [4.78, 5) is 11.5. The molecule has 0 unspecified atom stereocenters. The second-order valence-electron chi connectivity index (χ2n) is 4.85. The first kappa shape index (κ1) is 11.4. The fourth-order valence-corrected chi connectivity index (χ4v) is 3.52. The monoisotopic (exact) mass is 278 g/mol. The molecule has 0 atom stereocenters. The number of rotatable bonds is 1. The molecule has 0 saturated heterocycles. The van der Waals surface area contributed by atoms with Crippen molar-refractivity contribution in [3.05, 3.63) is 59.5 Å². The quantitative estimate of drug-likeness (QED) is 0.502. The third-order valence-electron chi connectivity index (χ3n) is 3.55.